The molecule has 3 heteroatoms. The topological polar surface area (TPSA) is 44.5 Å². The van der Waals surface area contributed by atoms with Crippen LogP contribution in [0.1, 0.15) is 30.5 Å². The van der Waals surface area contributed by atoms with Crippen LogP contribution in [0.25, 0.3) is 0 Å². The summed E-state index contributed by atoms with van der Waals surface area (Å²) in [6.07, 6.45) is 0.892. The quantitative estimate of drug-likeness (QED) is 0.871. The van der Waals surface area contributed by atoms with E-state index in [0.717, 1.165) is 29.0 Å². The van der Waals surface area contributed by atoms with Gasteiger partial charge in [-0.05, 0) is 30.2 Å². The molecule has 0 aliphatic rings. The Bertz CT molecular complexity index is 537. The smallest absolute Gasteiger partial charge is 0.124 e. The van der Waals surface area contributed by atoms with Gasteiger partial charge in [0.05, 0.1) is 7.11 Å². The summed E-state index contributed by atoms with van der Waals surface area (Å²) in [7, 11) is 1.66. The lowest BCUT2D eigenvalue weighted by Crippen LogP contribution is -2.10. The Balaban J connectivity index is 2.06. The van der Waals surface area contributed by atoms with E-state index in [9.17, 15) is 0 Å². The average molecular weight is 271 g/mol. The summed E-state index contributed by atoms with van der Waals surface area (Å²) in [5, 5.41) is 0. The first-order valence-electron chi connectivity index (χ1n) is 6.84. The first-order valence-corrected chi connectivity index (χ1v) is 6.84. The highest BCUT2D eigenvalue weighted by Crippen LogP contribution is 2.26. The zero-order chi connectivity index (χ0) is 14.4. The zero-order valence-corrected chi connectivity index (χ0v) is 12.0. The Morgan fingerprint density at radius 3 is 2.40 bits per heavy atom. The molecule has 1 atom stereocenters. The molecule has 0 saturated heterocycles. The molecule has 0 fully saturated rings. The Morgan fingerprint density at radius 1 is 1.05 bits per heavy atom. The summed E-state index contributed by atoms with van der Waals surface area (Å²) in [4.78, 5) is 0. The molecule has 0 heterocycles. The second-order valence-corrected chi connectivity index (χ2v) is 4.69. The number of para-hydroxylation sites is 1. The monoisotopic (exact) mass is 271 g/mol. The number of methoxy groups -OCH3 is 1. The highest BCUT2D eigenvalue weighted by Gasteiger charge is 2.09. The Morgan fingerprint density at radius 2 is 1.75 bits per heavy atom. The zero-order valence-electron chi connectivity index (χ0n) is 12.0. The summed E-state index contributed by atoms with van der Waals surface area (Å²) in [6, 6.07) is 15.8. The van der Waals surface area contributed by atoms with Crippen LogP contribution in [0.5, 0.6) is 11.5 Å². The molecule has 0 spiro atoms. The van der Waals surface area contributed by atoms with Gasteiger partial charge in [-0.25, -0.2) is 0 Å². The van der Waals surface area contributed by atoms with Crippen LogP contribution in [0.2, 0.25) is 0 Å². The SMILES string of the molecule is CC[C@@H](N)c1ccccc1OCc1ccc(OC)cc1. The van der Waals surface area contributed by atoms with E-state index in [4.69, 9.17) is 15.2 Å². The highest BCUT2D eigenvalue weighted by atomic mass is 16.5. The van der Waals surface area contributed by atoms with Gasteiger partial charge in [-0.1, -0.05) is 37.3 Å². The predicted molar refractivity (Wildman–Crippen MR) is 81.0 cm³/mol. The predicted octanol–water partition coefficient (Wildman–Crippen LogP) is 3.68. The van der Waals surface area contributed by atoms with E-state index in [1.54, 1.807) is 7.11 Å². The third-order valence-corrected chi connectivity index (χ3v) is 3.31. The van der Waals surface area contributed by atoms with E-state index in [1.807, 2.05) is 48.5 Å². The molecular formula is C17H21NO2. The van der Waals surface area contributed by atoms with E-state index in [2.05, 4.69) is 6.92 Å². The Labute approximate surface area is 120 Å². The lowest BCUT2D eigenvalue weighted by Gasteiger charge is -2.15. The maximum absolute atomic E-state index is 6.11. The third-order valence-electron chi connectivity index (χ3n) is 3.31. The van der Waals surface area contributed by atoms with E-state index >= 15 is 0 Å². The number of nitrogens with two attached hydrogens (primary N) is 1. The average Bonchev–Trinajstić information content (AvgIpc) is 2.53. The molecule has 3 nitrogen and oxygen atoms in total. The lowest BCUT2D eigenvalue weighted by atomic mass is 10.0. The van der Waals surface area contributed by atoms with Crippen molar-refractivity contribution in [3.8, 4) is 11.5 Å². The first-order chi connectivity index (χ1) is 9.74. The van der Waals surface area contributed by atoms with Crippen molar-refractivity contribution < 1.29 is 9.47 Å². The molecule has 106 valence electrons. The molecular weight excluding hydrogens is 250 g/mol. The van der Waals surface area contributed by atoms with E-state index < -0.39 is 0 Å². The van der Waals surface area contributed by atoms with Gasteiger partial charge in [0.25, 0.3) is 0 Å². The van der Waals surface area contributed by atoms with Gasteiger partial charge < -0.3 is 15.2 Å². The van der Waals surface area contributed by atoms with Crippen molar-refractivity contribution in [1.29, 1.82) is 0 Å². The number of hydrogen-bond acceptors (Lipinski definition) is 3. The minimum absolute atomic E-state index is 0.0158. The standard InChI is InChI=1S/C17H21NO2/c1-3-16(18)15-6-4-5-7-17(15)20-12-13-8-10-14(19-2)11-9-13/h4-11,16H,3,12,18H2,1-2H3/t16-/m1/s1. The van der Waals surface area contributed by atoms with Crippen LogP contribution in [0.4, 0.5) is 0 Å². The van der Waals surface area contributed by atoms with Gasteiger partial charge in [0.15, 0.2) is 0 Å². The summed E-state index contributed by atoms with van der Waals surface area (Å²) >= 11 is 0. The van der Waals surface area contributed by atoms with Crippen molar-refractivity contribution in [2.24, 2.45) is 5.73 Å². The normalized spacial score (nSPS) is 11.9. The summed E-state index contributed by atoms with van der Waals surface area (Å²) in [5.74, 6) is 1.71. The first kappa shape index (κ1) is 14.4. The summed E-state index contributed by atoms with van der Waals surface area (Å²) < 4.78 is 11.0. The molecule has 0 amide bonds. The van der Waals surface area contributed by atoms with Crippen LogP contribution in [0.15, 0.2) is 48.5 Å². The fourth-order valence-corrected chi connectivity index (χ4v) is 2.02. The molecule has 0 aliphatic heterocycles. The van der Waals surface area contributed by atoms with E-state index in [-0.39, 0.29) is 6.04 Å². The molecule has 0 saturated carbocycles. The van der Waals surface area contributed by atoms with Crippen molar-refractivity contribution in [3.05, 3.63) is 59.7 Å². The number of hydrogen-bond donors (Lipinski definition) is 1. The number of rotatable bonds is 6. The minimum Gasteiger partial charge on any atom is -0.497 e. The maximum atomic E-state index is 6.11. The van der Waals surface area contributed by atoms with Gasteiger partial charge in [0.2, 0.25) is 0 Å². The van der Waals surface area contributed by atoms with Crippen molar-refractivity contribution in [1.82, 2.24) is 0 Å². The van der Waals surface area contributed by atoms with Crippen LogP contribution >= 0.6 is 0 Å². The maximum Gasteiger partial charge on any atom is 0.124 e. The second kappa shape index (κ2) is 6.96. The molecule has 0 aliphatic carbocycles. The molecule has 2 N–H and O–H groups in total. The van der Waals surface area contributed by atoms with Crippen molar-refractivity contribution >= 4 is 0 Å². The molecule has 2 rings (SSSR count). The Hall–Kier alpha value is -2.00. The van der Waals surface area contributed by atoms with Gasteiger partial charge in [-0.2, -0.15) is 0 Å². The number of ether oxygens (including phenoxy) is 2. The lowest BCUT2D eigenvalue weighted by molar-refractivity contribution is 0.300. The molecule has 0 aromatic heterocycles. The van der Waals surface area contributed by atoms with Gasteiger partial charge in [0.1, 0.15) is 18.1 Å². The van der Waals surface area contributed by atoms with Crippen LogP contribution in [0.3, 0.4) is 0 Å². The Kier molecular flexibility index (Phi) is 5.02. The molecule has 0 radical (unpaired) electrons. The molecule has 2 aromatic carbocycles. The number of benzene rings is 2. The van der Waals surface area contributed by atoms with Gasteiger partial charge in [-0.15, -0.1) is 0 Å². The van der Waals surface area contributed by atoms with Crippen molar-refractivity contribution in [2.75, 3.05) is 7.11 Å². The van der Waals surface area contributed by atoms with Gasteiger partial charge in [-0.3, -0.25) is 0 Å². The van der Waals surface area contributed by atoms with Crippen LogP contribution in [-0.4, -0.2) is 7.11 Å². The van der Waals surface area contributed by atoms with Crippen molar-refractivity contribution in [3.63, 3.8) is 0 Å². The van der Waals surface area contributed by atoms with E-state index in [0.29, 0.717) is 6.61 Å². The highest BCUT2D eigenvalue weighted by molar-refractivity contribution is 5.36. The minimum atomic E-state index is 0.0158. The third kappa shape index (κ3) is 3.52. The largest absolute Gasteiger partial charge is 0.497 e. The van der Waals surface area contributed by atoms with Gasteiger partial charge in [0, 0.05) is 11.6 Å². The van der Waals surface area contributed by atoms with E-state index in [1.165, 1.54) is 0 Å². The van der Waals surface area contributed by atoms with Crippen LogP contribution in [-0.2, 0) is 6.61 Å². The van der Waals surface area contributed by atoms with Crippen molar-refractivity contribution in [2.45, 2.75) is 26.0 Å². The summed E-state index contributed by atoms with van der Waals surface area (Å²) in [5.41, 5.74) is 8.27. The molecule has 0 bridgehead atoms. The molecule has 0 unspecified atom stereocenters. The van der Waals surface area contributed by atoms with Crippen LogP contribution in [0, 0.1) is 0 Å². The van der Waals surface area contributed by atoms with Gasteiger partial charge >= 0.3 is 0 Å². The molecule has 20 heavy (non-hydrogen) atoms. The van der Waals surface area contributed by atoms with Crippen LogP contribution < -0.4 is 15.2 Å². The fraction of sp³-hybridized carbons (Fsp3) is 0.294. The second-order valence-electron chi connectivity index (χ2n) is 4.69. The fourth-order valence-electron chi connectivity index (χ4n) is 2.02. The summed E-state index contributed by atoms with van der Waals surface area (Å²) in [6.45, 7) is 2.60. The molecule has 2 aromatic rings.